The Balaban J connectivity index is 1.30. The maximum atomic E-state index is 14.5. The molecule has 0 saturated carbocycles. The number of allylic oxidation sites excluding steroid dienone is 12. The third-order valence-electron chi connectivity index (χ3n) is 11.6. The van der Waals surface area contributed by atoms with E-state index in [1.54, 1.807) is 18.2 Å². The number of aliphatic hydroxyl groups is 1. The Morgan fingerprint density at radius 2 is 1.21 bits per heavy atom. The van der Waals surface area contributed by atoms with Crippen molar-refractivity contribution < 1.29 is 43.7 Å². The van der Waals surface area contributed by atoms with Crippen LogP contribution < -0.4 is 81.4 Å². The van der Waals surface area contributed by atoms with Gasteiger partial charge in [-0.05, 0) is 57.6 Å². The van der Waals surface area contributed by atoms with Crippen molar-refractivity contribution in [2.75, 3.05) is 11.4 Å². The first-order chi connectivity index (χ1) is 36.4. The van der Waals surface area contributed by atoms with Crippen molar-refractivity contribution in [3.05, 3.63) is 156 Å². The Kier molecular flexibility index (Phi) is 17.1. The van der Waals surface area contributed by atoms with E-state index < -0.39 is 130 Å². The van der Waals surface area contributed by atoms with E-state index in [0.29, 0.717) is 18.1 Å². The van der Waals surface area contributed by atoms with Crippen LogP contribution in [0.15, 0.2) is 131 Å². The van der Waals surface area contributed by atoms with Crippen LogP contribution >= 0.6 is 0 Å². The Morgan fingerprint density at radius 1 is 0.662 bits per heavy atom. The number of nitrogens with zero attached hydrogens (tertiary/aromatic N) is 3. The lowest BCUT2D eigenvalue weighted by atomic mass is 9.67. The van der Waals surface area contributed by atoms with E-state index in [0.717, 1.165) is 44.9 Å². The minimum atomic E-state index is -2.41. The van der Waals surface area contributed by atoms with E-state index in [4.69, 9.17) is 50.3 Å². The average Bonchev–Trinajstić information content (AvgIpc) is 3.41. The van der Waals surface area contributed by atoms with Crippen LogP contribution in [0, 0.1) is 47.8 Å². The molecule has 4 aliphatic rings. The van der Waals surface area contributed by atoms with Crippen LogP contribution in [0.2, 0.25) is 0 Å². The fraction of sp³-hybridized carbons (Fsp3) is 0.200. The molecule has 24 N–H and O–H groups in total. The van der Waals surface area contributed by atoms with Crippen LogP contribution in [-0.4, -0.2) is 112 Å². The molecule has 0 aromatic heterocycles. The second kappa shape index (κ2) is 23.7. The minimum Gasteiger partial charge on any atom is -0.370 e. The molecule has 32 nitrogen and oxygen atoms in total. The van der Waals surface area contributed by atoms with E-state index in [1.165, 1.54) is 24.3 Å². The SMILES string of the molecule is N=C(N)NC(NC(=O)C(NC(=N)N)NC(=O)C(NC(=N)N)NC(=O)C(NC(=N)N)NC(=O)C(NC(=O)C(O)N(CC1=CC2=C3C(=CC=C4C=CC=C1C43)CC=C2)c1ccc([N+](=O)[O-])cc1[N+](=O)[O-])c1ccccc1)C(N)=O. The second-order valence-corrected chi connectivity index (χ2v) is 16.9. The third-order valence-corrected chi connectivity index (χ3v) is 11.6. The van der Waals surface area contributed by atoms with Gasteiger partial charge in [-0.3, -0.25) is 70.6 Å². The Labute approximate surface area is 434 Å². The average molecular weight is 1060 g/mol. The third kappa shape index (κ3) is 13.4. The van der Waals surface area contributed by atoms with Gasteiger partial charge in [0.05, 0.1) is 15.9 Å². The summed E-state index contributed by atoms with van der Waals surface area (Å²) in [6.07, 6.45) is 5.25. The highest BCUT2D eigenvalue weighted by atomic mass is 16.6. The molecule has 0 fully saturated rings. The van der Waals surface area contributed by atoms with E-state index in [1.807, 2.05) is 52.4 Å². The molecule has 6 rings (SSSR count). The second-order valence-electron chi connectivity index (χ2n) is 16.9. The predicted octanol–water partition coefficient (Wildman–Crippen LogP) is -4.15. The minimum absolute atomic E-state index is 0.00781. The number of hydrogen-bond donors (Lipinski definition) is 19. The predicted molar refractivity (Wildman–Crippen MR) is 273 cm³/mol. The lowest BCUT2D eigenvalue weighted by Gasteiger charge is -2.39. The van der Waals surface area contributed by atoms with E-state index in [9.17, 15) is 54.1 Å². The van der Waals surface area contributed by atoms with E-state index >= 15 is 0 Å². The number of nitro benzene ring substituents is 2. The first-order valence-corrected chi connectivity index (χ1v) is 22.5. The highest BCUT2D eigenvalue weighted by Gasteiger charge is 2.40. The Hall–Kier alpha value is -10.9. The molecular formula is C45H51N21O11. The molecule has 0 heterocycles. The van der Waals surface area contributed by atoms with Gasteiger partial charge in [-0.25, -0.2) is 0 Å². The van der Waals surface area contributed by atoms with Gasteiger partial charge in [0, 0.05) is 18.5 Å². The molecule has 2 aromatic rings. The van der Waals surface area contributed by atoms with Gasteiger partial charge in [0.1, 0.15) is 11.7 Å². The summed E-state index contributed by atoms with van der Waals surface area (Å²) in [5, 5.41) is 86.2. The quantitative estimate of drug-likeness (QED) is 0.0175. The van der Waals surface area contributed by atoms with Crippen LogP contribution in [0.5, 0.6) is 0 Å². The first kappa shape index (κ1) is 55.4. The van der Waals surface area contributed by atoms with Crippen molar-refractivity contribution in [3.8, 4) is 0 Å². The number of hydrogen-bond acceptors (Lipinski definition) is 16. The van der Waals surface area contributed by atoms with Crippen molar-refractivity contribution in [2.45, 2.75) is 43.4 Å². The zero-order chi connectivity index (χ0) is 56.4. The monoisotopic (exact) mass is 1060 g/mol. The zero-order valence-electron chi connectivity index (χ0n) is 40.0. The fourth-order valence-corrected chi connectivity index (χ4v) is 8.35. The molecule has 2 aromatic carbocycles. The molecule has 0 bridgehead atoms. The van der Waals surface area contributed by atoms with Gasteiger partial charge >= 0.3 is 0 Å². The van der Waals surface area contributed by atoms with E-state index in [-0.39, 0.29) is 11.5 Å². The highest BCUT2D eigenvalue weighted by Crippen LogP contribution is 2.49. The van der Waals surface area contributed by atoms with Crippen molar-refractivity contribution in [3.63, 3.8) is 0 Å². The molecule has 402 valence electrons. The van der Waals surface area contributed by atoms with Crippen LogP contribution in [0.4, 0.5) is 17.1 Å². The summed E-state index contributed by atoms with van der Waals surface area (Å²) < 4.78 is 0. The van der Waals surface area contributed by atoms with Gasteiger partial charge in [-0.1, -0.05) is 72.9 Å². The number of anilines is 1. The number of benzene rings is 2. The van der Waals surface area contributed by atoms with E-state index in [2.05, 4.69) is 31.9 Å². The molecule has 7 unspecified atom stereocenters. The van der Waals surface area contributed by atoms with Crippen molar-refractivity contribution in [1.82, 2.24) is 47.9 Å². The van der Waals surface area contributed by atoms with Crippen molar-refractivity contribution in [1.29, 1.82) is 21.6 Å². The number of primary amides is 1. The number of aliphatic hydroxyl groups excluding tert-OH is 1. The standard InChI is InChI=1S/C45H51N21O11/c46-31(67)32(60-42(47)48)56-37(69)34(62-44(51)52)58-39(71)35(63-45(53)54)59-38(70)33(61-43(49)50)57-36(68)30(21-6-2-1-3-7-21)55-40(72)41(73)64(26-15-14-24(65(74)75)17-27(26)66(76)77)18-23-16-22-10-4-8-19-12-13-20-9-5-11-25(23)29(20)28(19)22/h1-7,9-17,29-30,32-35,41,73H,8,18H2,(H2,46,67)(H,55,72)(H,56,69)(H,57,68)(H,58,71)(H,59,70)(H4,47,48,60)(H4,49,50,61)(H4,51,52,62)(H4,53,54,63). The Bertz CT molecular complexity index is 3090. The number of rotatable bonds is 22. The maximum Gasteiger partial charge on any atom is 0.299 e. The van der Waals surface area contributed by atoms with Gasteiger partial charge in [0.25, 0.3) is 40.9 Å². The summed E-state index contributed by atoms with van der Waals surface area (Å²) in [5.41, 5.74) is 30.0. The number of nitro groups is 2. The lowest BCUT2D eigenvalue weighted by molar-refractivity contribution is -0.393. The number of guanidine groups is 4. The topological polar surface area (TPSA) is 546 Å². The molecular weight excluding hydrogens is 1010 g/mol. The molecule has 7 atom stereocenters. The molecule has 32 heteroatoms. The van der Waals surface area contributed by atoms with Crippen molar-refractivity contribution in [2.24, 2.45) is 34.6 Å². The van der Waals surface area contributed by atoms with Gasteiger partial charge in [0.15, 0.2) is 48.5 Å². The number of amides is 6. The number of carbonyl (C=O) groups excluding carboxylic acids is 6. The molecule has 0 spiro atoms. The highest BCUT2D eigenvalue weighted by molar-refractivity contribution is 6.00. The van der Waals surface area contributed by atoms with Crippen LogP contribution in [0.3, 0.4) is 0 Å². The molecule has 0 radical (unpaired) electrons. The summed E-state index contributed by atoms with van der Waals surface area (Å²) >= 11 is 0. The van der Waals surface area contributed by atoms with Crippen LogP contribution in [-0.2, 0) is 28.8 Å². The number of non-ortho nitro benzene ring substituents is 1. The Morgan fingerprint density at radius 3 is 1.74 bits per heavy atom. The fourth-order valence-electron chi connectivity index (χ4n) is 8.35. The van der Waals surface area contributed by atoms with Gasteiger partial charge in [-0.2, -0.15) is 0 Å². The zero-order valence-corrected chi connectivity index (χ0v) is 40.0. The molecule has 6 amide bonds. The number of nitrogens with two attached hydrogens (primary N) is 5. The van der Waals surface area contributed by atoms with Gasteiger partial charge in [0.2, 0.25) is 12.1 Å². The largest absolute Gasteiger partial charge is 0.370 e. The number of carbonyl (C=O) groups is 6. The summed E-state index contributed by atoms with van der Waals surface area (Å²) in [4.78, 5) is 105. The maximum absolute atomic E-state index is 14.5. The van der Waals surface area contributed by atoms with Gasteiger partial charge in [-0.15, -0.1) is 0 Å². The lowest BCUT2D eigenvalue weighted by Crippen LogP contribution is -2.68. The molecule has 0 aliphatic heterocycles. The summed E-state index contributed by atoms with van der Waals surface area (Å²) in [6.45, 7) is -0.419. The molecule has 77 heavy (non-hydrogen) atoms. The van der Waals surface area contributed by atoms with Crippen molar-refractivity contribution >= 4 is 76.3 Å². The van der Waals surface area contributed by atoms with Crippen LogP contribution in [0.1, 0.15) is 18.0 Å². The van der Waals surface area contributed by atoms with Crippen LogP contribution in [0.25, 0.3) is 0 Å². The van der Waals surface area contributed by atoms with Gasteiger partial charge < -0.3 is 86.5 Å². The first-order valence-electron chi connectivity index (χ1n) is 22.5. The molecule has 4 aliphatic carbocycles. The number of nitrogens with one attached hydrogen (secondary N) is 13. The smallest absolute Gasteiger partial charge is 0.299 e. The summed E-state index contributed by atoms with van der Waals surface area (Å²) in [5.74, 6) is -12.0. The molecule has 0 saturated heterocycles. The normalized spacial score (nSPS) is 16.8. The summed E-state index contributed by atoms with van der Waals surface area (Å²) in [7, 11) is 0. The summed E-state index contributed by atoms with van der Waals surface area (Å²) in [6, 6.07) is 7.93.